The van der Waals surface area contributed by atoms with E-state index in [9.17, 15) is 19.2 Å². The van der Waals surface area contributed by atoms with Crippen LogP contribution in [0.25, 0.3) is 44.8 Å². The molecular weight excluding hydrogens is 929 g/mol. The Balaban J connectivity index is 0.000000184. The number of aromatic amines is 2. The van der Waals surface area contributed by atoms with Crippen molar-refractivity contribution in [3.8, 4) is 22.8 Å². The number of aliphatic carboxylic acids is 1. The largest absolute Gasteiger partial charge is 0.481 e. The Morgan fingerprint density at radius 1 is 0.582 bits per heavy atom. The van der Waals surface area contributed by atoms with Gasteiger partial charge in [-0.3, -0.25) is 19.2 Å². The highest BCUT2D eigenvalue weighted by Crippen LogP contribution is 2.31. The second kappa shape index (κ2) is 25.9. The van der Waals surface area contributed by atoms with Crippen LogP contribution in [0, 0.1) is 0 Å². The van der Waals surface area contributed by atoms with Crippen molar-refractivity contribution in [3.05, 3.63) is 156 Å². The number of carboxylic acid groups (broad SMARTS) is 1. The summed E-state index contributed by atoms with van der Waals surface area (Å²) in [4.78, 5) is 68.9. The molecule has 0 radical (unpaired) electrons. The molecule has 4 aromatic heterocycles. The number of nitrogens with two attached hydrogens (primary N) is 2. The summed E-state index contributed by atoms with van der Waals surface area (Å²) >= 11 is 0. The third kappa shape index (κ3) is 15.5. The molecule has 8 rings (SSSR count). The lowest BCUT2D eigenvalue weighted by molar-refractivity contribution is -0.145. The number of imidazole rings is 2. The number of aliphatic hydroxyl groups excluding tert-OH is 1. The van der Waals surface area contributed by atoms with E-state index in [0.29, 0.717) is 46.7 Å². The van der Waals surface area contributed by atoms with Crippen LogP contribution < -0.4 is 11.5 Å². The molecule has 15 nitrogen and oxygen atoms in total. The monoisotopic (exact) mass is 974 g/mol. The summed E-state index contributed by atoms with van der Waals surface area (Å²) < 4.78 is 5.39. The van der Waals surface area contributed by atoms with Crippen molar-refractivity contribution in [2.75, 3.05) is 11.5 Å². The number of hydrogen-bond donors (Lipinski definition) is 6. The molecule has 0 bridgehead atoms. The molecule has 0 saturated heterocycles. The number of nitrogens with one attached hydrogen (secondary N) is 2. The highest BCUT2D eigenvalue weighted by atomic mass is 33.1. The molecule has 0 aliphatic carbocycles. The maximum atomic E-state index is 12.0. The minimum absolute atomic E-state index is 0.00618. The first-order valence-electron chi connectivity index (χ1n) is 20.7. The number of pyridine rings is 2. The number of aliphatic hydroxyl groups is 1. The van der Waals surface area contributed by atoms with Crippen molar-refractivity contribution in [1.29, 1.82) is 0 Å². The zero-order valence-corrected chi connectivity index (χ0v) is 39.1. The number of amides is 2. The SMILES string of the molecule is NC(=O)c1cccc2[nH]c(-c3ccc(CO)cc3)nc12.NC(=O)c1cccc2[nH]c(-c3ccc(COC(=O)CCCSSc4ccccn4)cc3)nc12.O=C(O)CCCSSc1ccccn1. The van der Waals surface area contributed by atoms with E-state index >= 15 is 0 Å². The predicted octanol–water partition coefficient (Wildman–Crippen LogP) is 9.50. The van der Waals surface area contributed by atoms with Gasteiger partial charge in [0.05, 0.1) is 28.8 Å². The molecule has 4 aromatic carbocycles. The van der Waals surface area contributed by atoms with E-state index in [1.165, 1.54) is 0 Å². The number of carbonyl (C=O) groups is 4. The number of ether oxygens (including phenoxy) is 1. The Bertz CT molecular complexity index is 2870. The predicted molar refractivity (Wildman–Crippen MR) is 267 cm³/mol. The van der Waals surface area contributed by atoms with Crippen LogP contribution in [0.1, 0.15) is 57.5 Å². The third-order valence-electron chi connectivity index (χ3n) is 9.38. The number of para-hydroxylation sites is 2. The van der Waals surface area contributed by atoms with Gasteiger partial charge in [-0.1, -0.05) is 94.4 Å². The lowest BCUT2D eigenvalue weighted by Gasteiger charge is -2.06. The molecule has 0 unspecified atom stereocenters. The van der Waals surface area contributed by atoms with Gasteiger partial charge in [-0.05, 0) is 94.1 Å². The van der Waals surface area contributed by atoms with Crippen molar-refractivity contribution in [2.45, 2.75) is 48.9 Å². The standard InChI is InChI=1S/C24H22N4O3S2.C15H13N3O2.C9H11NO2S2/c25-23(30)18-5-3-6-19-22(18)28-24(27-19)17-11-9-16(10-12-17)15-31-21(29)8-4-14-32-33-20-7-1-2-13-26-20;16-14(20)11-2-1-3-12-13(11)18-15(17-12)10-6-4-9(8-19)5-7-10;11-9(12)5-3-7-13-14-8-4-1-2-6-10-8/h1-3,5-7,9-13H,4,8,14-15H2,(H2,25,30)(H,27,28);1-7,19H,8H2,(H2,16,20)(H,17,18);1-2,4,6H,3,5,7H2,(H,11,12). The molecule has 0 spiro atoms. The Hall–Kier alpha value is -6.64. The number of H-pyrrole nitrogens is 2. The number of esters is 1. The molecule has 0 atom stereocenters. The van der Waals surface area contributed by atoms with Crippen LogP contribution in [0.15, 0.2) is 144 Å². The quantitative estimate of drug-likeness (QED) is 0.0251. The van der Waals surface area contributed by atoms with Crippen LogP contribution in [0.5, 0.6) is 0 Å². The van der Waals surface area contributed by atoms with Crippen LogP contribution in [-0.2, 0) is 27.5 Å². The number of carboxylic acids is 1. The van der Waals surface area contributed by atoms with Crippen molar-refractivity contribution in [2.24, 2.45) is 11.5 Å². The number of benzene rings is 4. The fraction of sp³-hybridized carbons (Fsp3) is 0.167. The van der Waals surface area contributed by atoms with E-state index in [4.69, 9.17) is 26.4 Å². The van der Waals surface area contributed by atoms with E-state index in [1.54, 1.807) is 79.8 Å². The number of fused-ring (bicyclic) bond motifs is 2. The zero-order chi connectivity index (χ0) is 47.4. The summed E-state index contributed by atoms with van der Waals surface area (Å²) in [5.74, 6) is 1.05. The average Bonchev–Trinajstić information content (AvgIpc) is 4.00. The van der Waals surface area contributed by atoms with Gasteiger partial charge in [-0.15, -0.1) is 0 Å². The lowest BCUT2D eigenvalue weighted by Crippen LogP contribution is -2.11. The molecule has 8 N–H and O–H groups in total. The van der Waals surface area contributed by atoms with Crippen LogP contribution >= 0.6 is 43.2 Å². The Kier molecular flexibility index (Phi) is 19.2. The molecule has 4 heterocycles. The van der Waals surface area contributed by atoms with E-state index in [0.717, 1.165) is 61.3 Å². The first-order chi connectivity index (χ1) is 32.6. The second-order valence-electron chi connectivity index (χ2n) is 14.3. The highest BCUT2D eigenvalue weighted by molar-refractivity contribution is 8.77. The topological polar surface area (TPSA) is 253 Å². The van der Waals surface area contributed by atoms with Crippen molar-refractivity contribution >= 4 is 89.0 Å². The first-order valence-corrected chi connectivity index (χ1v) is 25.4. The summed E-state index contributed by atoms with van der Waals surface area (Å²) in [6, 6.07) is 37.1. The maximum absolute atomic E-state index is 12.0. The second-order valence-corrected chi connectivity index (χ2v) is 19.1. The summed E-state index contributed by atoms with van der Waals surface area (Å²) in [5.41, 5.74) is 17.7. The van der Waals surface area contributed by atoms with Crippen molar-refractivity contribution < 1.29 is 34.1 Å². The van der Waals surface area contributed by atoms with Crippen molar-refractivity contribution in [3.63, 3.8) is 0 Å². The number of nitrogens with zero attached hydrogens (tertiary/aromatic N) is 4. The fourth-order valence-corrected chi connectivity index (χ4v) is 9.98. The molecule has 0 fully saturated rings. The number of hydrogen-bond acceptors (Lipinski definition) is 14. The lowest BCUT2D eigenvalue weighted by atomic mass is 10.1. The average molecular weight is 975 g/mol. The van der Waals surface area contributed by atoms with Crippen LogP contribution in [0.3, 0.4) is 0 Å². The molecule has 67 heavy (non-hydrogen) atoms. The van der Waals surface area contributed by atoms with Gasteiger partial charge in [0.15, 0.2) is 0 Å². The summed E-state index contributed by atoms with van der Waals surface area (Å²) in [7, 11) is 6.51. The molecule has 8 aromatic rings. The number of rotatable bonds is 19. The van der Waals surface area contributed by atoms with Gasteiger partial charge in [0.1, 0.15) is 39.3 Å². The van der Waals surface area contributed by atoms with Gasteiger partial charge in [0, 0.05) is 47.9 Å². The first kappa shape index (κ1) is 49.8. The number of carbonyl (C=O) groups excluding carboxylic acids is 3. The number of aromatic nitrogens is 6. The van der Waals surface area contributed by atoms with Crippen LogP contribution in [-0.4, -0.2) is 75.4 Å². The van der Waals surface area contributed by atoms with E-state index in [2.05, 4.69) is 29.9 Å². The molecule has 0 saturated carbocycles. The molecule has 0 aliphatic rings. The van der Waals surface area contributed by atoms with E-state index in [-0.39, 0.29) is 25.6 Å². The molecule has 344 valence electrons. The highest BCUT2D eigenvalue weighted by Gasteiger charge is 2.14. The molecule has 2 amide bonds. The molecule has 19 heteroatoms. The Morgan fingerprint density at radius 3 is 1.49 bits per heavy atom. The minimum Gasteiger partial charge on any atom is -0.481 e. The third-order valence-corrected chi connectivity index (χ3v) is 14.1. The smallest absolute Gasteiger partial charge is 0.306 e. The van der Waals surface area contributed by atoms with Gasteiger partial charge in [0.2, 0.25) is 0 Å². The van der Waals surface area contributed by atoms with E-state index < -0.39 is 17.8 Å². The number of primary amides is 2. The van der Waals surface area contributed by atoms with E-state index in [1.807, 2.05) is 97.1 Å². The minimum atomic E-state index is -0.728. The Labute approximate surface area is 401 Å². The summed E-state index contributed by atoms with van der Waals surface area (Å²) in [6.07, 6.45) is 5.61. The fourth-order valence-electron chi connectivity index (χ4n) is 6.05. The summed E-state index contributed by atoms with van der Waals surface area (Å²) in [5, 5.41) is 19.4. The maximum Gasteiger partial charge on any atom is 0.306 e. The van der Waals surface area contributed by atoms with Gasteiger partial charge < -0.3 is 36.4 Å². The van der Waals surface area contributed by atoms with Gasteiger partial charge in [-0.25, -0.2) is 19.9 Å². The Morgan fingerprint density at radius 2 is 1.06 bits per heavy atom. The van der Waals surface area contributed by atoms with Crippen LogP contribution in [0.4, 0.5) is 0 Å². The molecular formula is C48H46N8O7S4. The van der Waals surface area contributed by atoms with Gasteiger partial charge >= 0.3 is 11.9 Å². The normalized spacial score (nSPS) is 10.7. The summed E-state index contributed by atoms with van der Waals surface area (Å²) in [6.45, 7) is 0.229. The van der Waals surface area contributed by atoms with Gasteiger partial charge in [0.25, 0.3) is 11.8 Å². The molecule has 0 aliphatic heterocycles. The van der Waals surface area contributed by atoms with Crippen LogP contribution in [0.2, 0.25) is 0 Å². The van der Waals surface area contributed by atoms with Gasteiger partial charge in [-0.2, -0.15) is 0 Å². The van der Waals surface area contributed by atoms with Crippen molar-refractivity contribution in [1.82, 2.24) is 29.9 Å². The zero-order valence-electron chi connectivity index (χ0n) is 35.9.